The molecular formula is C33H45N5O8. The van der Waals surface area contributed by atoms with Crippen molar-refractivity contribution in [1.82, 2.24) is 9.80 Å². The van der Waals surface area contributed by atoms with Crippen LogP contribution in [0.2, 0.25) is 0 Å². The summed E-state index contributed by atoms with van der Waals surface area (Å²) in [7, 11) is 6.70. The second-order valence-corrected chi connectivity index (χ2v) is 13.6. The van der Waals surface area contributed by atoms with E-state index in [-0.39, 0.29) is 41.5 Å². The number of nitrogens with two attached hydrogens (primary N) is 1. The molecule has 250 valence electrons. The first-order valence-corrected chi connectivity index (χ1v) is 15.8. The average molecular weight is 640 g/mol. The number of nitrogens with zero attached hydrogens (tertiary/aromatic N) is 3. The summed E-state index contributed by atoms with van der Waals surface area (Å²) in [5.74, 6) is -7.21. The van der Waals surface area contributed by atoms with Crippen molar-refractivity contribution in [2.75, 3.05) is 58.0 Å². The summed E-state index contributed by atoms with van der Waals surface area (Å²) in [6.45, 7) is 6.40. The summed E-state index contributed by atoms with van der Waals surface area (Å²) < 4.78 is 0. The molecule has 4 aliphatic rings. The minimum Gasteiger partial charge on any atom is -0.510 e. The summed E-state index contributed by atoms with van der Waals surface area (Å²) in [4.78, 5) is 58.7. The second-order valence-electron chi connectivity index (χ2n) is 13.6. The van der Waals surface area contributed by atoms with Crippen molar-refractivity contribution < 1.29 is 39.6 Å². The molecule has 1 aromatic carbocycles. The fraction of sp³-hybridized carbons (Fsp3) is 0.576. The van der Waals surface area contributed by atoms with E-state index in [2.05, 4.69) is 24.1 Å². The number of primary amides is 1. The van der Waals surface area contributed by atoms with Crippen molar-refractivity contribution in [2.45, 2.75) is 51.2 Å². The molecule has 1 fully saturated rings. The Hall–Kier alpha value is -3.94. The van der Waals surface area contributed by atoms with Gasteiger partial charge in [-0.2, -0.15) is 0 Å². The number of Topliss-reactive ketones (excluding diaryl/α,β-unsaturated/α-hetero) is 2. The number of likely N-dealkylation sites (N-methyl/N-ethyl adjacent to an activating group) is 1. The van der Waals surface area contributed by atoms with Gasteiger partial charge in [0.1, 0.15) is 17.1 Å². The highest BCUT2D eigenvalue weighted by Gasteiger charge is 2.63. The van der Waals surface area contributed by atoms with Gasteiger partial charge in [0.25, 0.3) is 5.91 Å². The number of phenolic OH excluding ortho intramolecular Hbond substituents is 1. The summed E-state index contributed by atoms with van der Waals surface area (Å²) in [6, 6.07) is 0.552. The van der Waals surface area contributed by atoms with Crippen LogP contribution in [0.4, 0.5) is 11.4 Å². The molecule has 5 rings (SSSR count). The molecule has 7 N–H and O–H groups in total. The normalized spacial score (nSPS) is 26.6. The predicted molar refractivity (Wildman–Crippen MR) is 171 cm³/mol. The number of benzene rings is 1. The van der Waals surface area contributed by atoms with E-state index >= 15 is 0 Å². The maximum atomic E-state index is 14.2. The number of allylic oxidation sites excluding steroid dienone is 1. The van der Waals surface area contributed by atoms with Crippen LogP contribution in [0.15, 0.2) is 28.7 Å². The Morgan fingerprint density at radius 2 is 1.74 bits per heavy atom. The molecule has 1 aromatic rings. The van der Waals surface area contributed by atoms with Crippen LogP contribution in [0, 0.1) is 23.7 Å². The number of amides is 2. The molecule has 0 saturated carbocycles. The molecule has 4 atom stereocenters. The Balaban J connectivity index is 1.53. The molecule has 0 bridgehead atoms. The number of aromatic hydroxyl groups is 1. The van der Waals surface area contributed by atoms with E-state index in [1.54, 1.807) is 39.2 Å². The number of hydrogen-bond donors (Lipinski definition) is 6. The van der Waals surface area contributed by atoms with Gasteiger partial charge in [0.2, 0.25) is 11.7 Å². The van der Waals surface area contributed by atoms with Crippen LogP contribution in [0.1, 0.15) is 49.0 Å². The fourth-order valence-corrected chi connectivity index (χ4v) is 7.82. The van der Waals surface area contributed by atoms with Crippen LogP contribution in [0.3, 0.4) is 0 Å². The minimum absolute atomic E-state index is 0.00696. The lowest BCUT2D eigenvalue weighted by Gasteiger charge is -2.50. The Kier molecular flexibility index (Phi) is 8.73. The topological polar surface area (TPSA) is 197 Å². The summed E-state index contributed by atoms with van der Waals surface area (Å²) in [6.07, 6.45) is 2.27. The van der Waals surface area contributed by atoms with Gasteiger partial charge in [-0.15, -0.1) is 0 Å². The van der Waals surface area contributed by atoms with Crippen LogP contribution in [0.25, 0.3) is 0 Å². The number of nitrogens with one attached hydrogen (secondary N) is 1. The molecule has 2 amide bonds. The molecule has 13 nitrogen and oxygen atoms in total. The van der Waals surface area contributed by atoms with Gasteiger partial charge in [0.05, 0.1) is 23.2 Å². The molecule has 13 heteroatoms. The summed E-state index contributed by atoms with van der Waals surface area (Å²) in [5, 5.41) is 48.6. The van der Waals surface area contributed by atoms with E-state index < -0.39 is 63.8 Å². The minimum atomic E-state index is -2.72. The third-order valence-corrected chi connectivity index (χ3v) is 10.4. The highest BCUT2D eigenvalue weighted by molar-refractivity contribution is 6.25. The molecule has 1 saturated heterocycles. The molecule has 0 aromatic heterocycles. The lowest BCUT2D eigenvalue weighted by molar-refractivity contribution is -0.148. The summed E-state index contributed by atoms with van der Waals surface area (Å²) in [5.41, 5.74) is 2.53. The number of aliphatic hydroxyl groups is 3. The van der Waals surface area contributed by atoms with Gasteiger partial charge in [-0.05, 0) is 50.4 Å². The molecule has 0 unspecified atom stereocenters. The smallest absolute Gasteiger partial charge is 0.255 e. The standard InChI is InChI=1S/C33H45N5O8/c1-7-15(8-2)12-38-13-17(14-38)32(45)35-20-11-21(36(3)4)18-9-16-10-19-25(37(5)6)28(41)24(31(34)44)30(43)33(19,46)29(42)22(16)27(40)23(18)26(20)39/h11,15-17,19,25,39,41-42,46H,7-10,12-14H2,1-6H3,(H2,34,44)(H,35,45)/t16-,19-,25-,33-/m0/s1. The maximum absolute atomic E-state index is 14.2. The first-order chi connectivity index (χ1) is 21.6. The van der Waals surface area contributed by atoms with Crippen molar-refractivity contribution in [2.24, 2.45) is 29.4 Å². The van der Waals surface area contributed by atoms with Crippen molar-refractivity contribution in [3.05, 3.63) is 39.9 Å². The Bertz CT molecular complexity index is 1550. The lowest BCUT2D eigenvalue weighted by Crippen LogP contribution is -2.63. The van der Waals surface area contributed by atoms with Crippen molar-refractivity contribution >= 4 is 34.8 Å². The zero-order valence-corrected chi connectivity index (χ0v) is 27.3. The van der Waals surface area contributed by atoms with Gasteiger partial charge in [0.15, 0.2) is 17.1 Å². The highest BCUT2D eigenvalue weighted by Crippen LogP contribution is 2.54. The average Bonchev–Trinajstić information content (AvgIpc) is 2.95. The molecule has 0 radical (unpaired) electrons. The SMILES string of the molecule is CCC(CC)CN1CC(C(=O)Nc2cc(N(C)C)c3c(c2O)C(=O)C2=C(O)[C@]4(O)C(=O)C(C(N)=O)=C(O)[C@@H](N(C)C)[C@@H]4C[C@@H]2C3)C1. The number of fused-ring (bicyclic) bond motifs is 3. The largest absolute Gasteiger partial charge is 0.510 e. The van der Waals surface area contributed by atoms with Crippen LogP contribution < -0.4 is 16.0 Å². The predicted octanol–water partition coefficient (Wildman–Crippen LogP) is 1.49. The number of carbonyl (C=O) groups excluding carboxylic acids is 4. The monoisotopic (exact) mass is 639 g/mol. The van der Waals surface area contributed by atoms with Crippen molar-refractivity contribution in [1.29, 1.82) is 0 Å². The number of likely N-dealkylation sites (tertiary alicyclic amines) is 1. The van der Waals surface area contributed by atoms with E-state index in [1.165, 1.54) is 4.90 Å². The zero-order chi connectivity index (χ0) is 34.0. The number of phenols is 1. The number of hydrogen-bond acceptors (Lipinski definition) is 11. The zero-order valence-electron chi connectivity index (χ0n) is 27.3. The van der Waals surface area contributed by atoms with Gasteiger partial charge in [-0.3, -0.25) is 24.1 Å². The molecule has 1 aliphatic heterocycles. The van der Waals surface area contributed by atoms with Crippen LogP contribution in [-0.2, 0) is 20.8 Å². The Morgan fingerprint density at radius 1 is 1.11 bits per heavy atom. The van der Waals surface area contributed by atoms with Crippen molar-refractivity contribution in [3.63, 3.8) is 0 Å². The number of carbonyl (C=O) groups is 4. The summed E-state index contributed by atoms with van der Waals surface area (Å²) >= 11 is 0. The highest BCUT2D eigenvalue weighted by atomic mass is 16.3. The third-order valence-electron chi connectivity index (χ3n) is 10.4. The third kappa shape index (κ3) is 5.05. The van der Waals surface area contributed by atoms with Crippen LogP contribution in [0.5, 0.6) is 5.75 Å². The molecule has 3 aliphatic carbocycles. The van der Waals surface area contributed by atoms with Gasteiger partial charge < -0.3 is 41.3 Å². The lowest BCUT2D eigenvalue weighted by atomic mass is 9.58. The second kappa shape index (κ2) is 12.0. The number of ketones is 2. The van der Waals surface area contributed by atoms with Crippen LogP contribution in [-0.4, -0.2) is 113 Å². The van der Waals surface area contributed by atoms with Crippen molar-refractivity contribution in [3.8, 4) is 5.75 Å². The van der Waals surface area contributed by atoms with E-state index in [1.807, 2.05) is 0 Å². The Morgan fingerprint density at radius 3 is 2.28 bits per heavy atom. The van der Waals surface area contributed by atoms with Crippen LogP contribution >= 0.6 is 0 Å². The number of anilines is 2. The van der Waals surface area contributed by atoms with Gasteiger partial charge in [-0.1, -0.05) is 26.7 Å². The number of aliphatic hydroxyl groups excluding tert-OH is 2. The first kappa shape index (κ1) is 33.4. The fourth-order valence-electron chi connectivity index (χ4n) is 7.82. The van der Waals surface area contributed by atoms with E-state index in [0.717, 1.165) is 19.4 Å². The van der Waals surface area contributed by atoms with Gasteiger partial charge in [0, 0.05) is 50.9 Å². The van der Waals surface area contributed by atoms with Gasteiger partial charge >= 0.3 is 0 Å². The van der Waals surface area contributed by atoms with E-state index in [4.69, 9.17) is 5.73 Å². The van der Waals surface area contributed by atoms with E-state index in [9.17, 15) is 39.6 Å². The quantitative estimate of drug-likeness (QED) is 0.169. The Labute approximate surface area is 268 Å². The van der Waals surface area contributed by atoms with Gasteiger partial charge in [-0.25, -0.2) is 0 Å². The maximum Gasteiger partial charge on any atom is 0.255 e. The number of rotatable bonds is 9. The first-order valence-electron chi connectivity index (χ1n) is 15.8. The molecule has 1 heterocycles. The van der Waals surface area contributed by atoms with E-state index in [0.29, 0.717) is 30.3 Å². The molecule has 0 spiro atoms. The molecular weight excluding hydrogens is 594 g/mol. The molecule has 46 heavy (non-hydrogen) atoms.